The van der Waals surface area contributed by atoms with E-state index in [-0.39, 0.29) is 17.8 Å². The predicted octanol–water partition coefficient (Wildman–Crippen LogP) is 2.32. The van der Waals surface area contributed by atoms with Crippen molar-refractivity contribution in [1.82, 2.24) is 0 Å². The van der Waals surface area contributed by atoms with E-state index in [9.17, 15) is 14.7 Å². The smallest absolute Gasteiger partial charge is 0.303 e. The Bertz CT molecular complexity index is 476. The number of ether oxygens (including phenoxy) is 1. The van der Waals surface area contributed by atoms with Gasteiger partial charge in [0.05, 0.1) is 5.44 Å². The second-order valence-electron chi connectivity index (χ2n) is 4.29. The molecule has 0 aliphatic carbocycles. The first-order valence-electron chi connectivity index (χ1n) is 6.25. The van der Waals surface area contributed by atoms with Gasteiger partial charge in [-0.05, 0) is 25.5 Å². The third-order valence-electron chi connectivity index (χ3n) is 2.48. The number of hydrogen-bond donors (Lipinski definition) is 2. The van der Waals surface area contributed by atoms with Crippen molar-refractivity contribution in [2.75, 3.05) is 11.9 Å². The maximum Gasteiger partial charge on any atom is 0.303 e. The van der Waals surface area contributed by atoms with Crippen LogP contribution in [0, 0.1) is 0 Å². The standard InChI is InChI=1S/C14H19NO4S/c1-9(20-11(3)17)12-6-4-5-7-13(12)15-14(18)8-19-10(2)16/h4-7,9,11,17H,8H2,1-3H3,(H,15,18). The number of aliphatic hydroxyl groups excluding tert-OH is 1. The molecule has 2 unspecified atom stereocenters. The minimum absolute atomic E-state index is 0.0280. The lowest BCUT2D eigenvalue weighted by Gasteiger charge is -2.18. The van der Waals surface area contributed by atoms with Crippen molar-refractivity contribution in [3.8, 4) is 0 Å². The van der Waals surface area contributed by atoms with Crippen LogP contribution in [-0.4, -0.2) is 29.0 Å². The number of amides is 1. The van der Waals surface area contributed by atoms with E-state index in [0.29, 0.717) is 5.69 Å². The number of hydrogen-bond acceptors (Lipinski definition) is 5. The predicted molar refractivity (Wildman–Crippen MR) is 79.4 cm³/mol. The summed E-state index contributed by atoms with van der Waals surface area (Å²) < 4.78 is 4.64. The highest BCUT2D eigenvalue weighted by Gasteiger charge is 2.15. The van der Waals surface area contributed by atoms with Crippen LogP contribution in [0.1, 0.15) is 31.6 Å². The summed E-state index contributed by atoms with van der Waals surface area (Å²) >= 11 is 1.39. The Morgan fingerprint density at radius 3 is 2.60 bits per heavy atom. The first-order chi connectivity index (χ1) is 9.40. The van der Waals surface area contributed by atoms with E-state index >= 15 is 0 Å². The topological polar surface area (TPSA) is 75.6 Å². The Morgan fingerprint density at radius 1 is 1.35 bits per heavy atom. The molecule has 6 heteroatoms. The number of aliphatic hydroxyl groups is 1. The molecule has 1 rings (SSSR count). The first-order valence-corrected chi connectivity index (χ1v) is 7.20. The van der Waals surface area contributed by atoms with Gasteiger partial charge in [-0.2, -0.15) is 0 Å². The highest BCUT2D eigenvalue weighted by atomic mass is 32.2. The van der Waals surface area contributed by atoms with Crippen molar-refractivity contribution < 1.29 is 19.4 Å². The molecule has 0 aliphatic heterocycles. The number of carbonyl (C=O) groups is 2. The molecule has 0 radical (unpaired) electrons. The van der Waals surface area contributed by atoms with Gasteiger partial charge in [-0.15, -0.1) is 11.8 Å². The number of benzene rings is 1. The van der Waals surface area contributed by atoms with Crippen LogP contribution >= 0.6 is 11.8 Å². The fraction of sp³-hybridized carbons (Fsp3) is 0.429. The zero-order valence-corrected chi connectivity index (χ0v) is 12.6. The van der Waals surface area contributed by atoms with Crippen LogP contribution in [0.5, 0.6) is 0 Å². The molecule has 0 saturated carbocycles. The number of esters is 1. The summed E-state index contributed by atoms with van der Waals surface area (Å²) in [5.41, 5.74) is 1.08. The van der Waals surface area contributed by atoms with E-state index in [4.69, 9.17) is 0 Å². The molecule has 0 fully saturated rings. The van der Waals surface area contributed by atoms with Gasteiger partial charge in [-0.3, -0.25) is 9.59 Å². The van der Waals surface area contributed by atoms with E-state index in [1.54, 1.807) is 13.0 Å². The molecule has 110 valence electrons. The van der Waals surface area contributed by atoms with Crippen LogP contribution in [0.25, 0.3) is 0 Å². The van der Waals surface area contributed by atoms with Gasteiger partial charge in [0.15, 0.2) is 6.61 Å². The Morgan fingerprint density at radius 2 is 2.00 bits per heavy atom. The molecule has 0 bridgehead atoms. The number of thioether (sulfide) groups is 1. The Balaban J connectivity index is 2.74. The molecular formula is C14H19NO4S. The minimum Gasteiger partial charge on any atom is -0.456 e. The van der Waals surface area contributed by atoms with Crippen molar-refractivity contribution >= 4 is 29.3 Å². The van der Waals surface area contributed by atoms with E-state index in [0.717, 1.165) is 5.56 Å². The van der Waals surface area contributed by atoms with E-state index in [2.05, 4.69) is 10.1 Å². The molecule has 5 nitrogen and oxygen atoms in total. The van der Waals surface area contributed by atoms with Gasteiger partial charge in [0.1, 0.15) is 0 Å². The van der Waals surface area contributed by atoms with Gasteiger partial charge < -0.3 is 15.2 Å². The Kier molecular flexibility index (Phi) is 6.54. The maximum atomic E-state index is 11.7. The van der Waals surface area contributed by atoms with Crippen molar-refractivity contribution in [3.05, 3.63) is 29.8 Å². The maximum absolute atomic E-state index is 11.7. The number of carbonyl (C=O) groups excluding carboxylic acids is 2. The monoisotopic (exact) mass is 297 g/mol. The second kappa shape index (κ2) is 7.91. The molecular weight excluding hydrogens is 278 g/mol. The highest BCUT2D eigenvalue weighted by Crippen LogP contribution is 2.34. The summed E-state index contributed by atoms with van der Waals surface area (Å²) in [5.74, 6) is -0.881. The van der Waals surface area contributed by atoms with Crippen LogP contribution in [0.4, 0.5) is 5.69 Å². The minimum atomic E-state index is -0.494. The fourth-order valence-corrected chi connectivity index (χ4v) is 2.63. The largest absolute Gasteiger partial charge is 0.456 e. The molecule has 0 aromatic heterocycles. The van der Waals surface area contributed by atoms with Gasteiger partial charge in [-0.1, -0.05) is 18.2 Å². The second-order valence-corrected chi connectivity index (χ2v) is 5.95. The van der Waals surface area contributed by atoms with E-state index in [1.807, 2.05) is 25.1 Å². The third-order valence-corrected chi connectivity index (χ3v) is 3.54. The summed E-state index contributed by atoms with van der Waals surface area (Å²) in [6, 6.07) is 7.35. The van der Waals surface area contributed by atoms with E-state index < -0.39 is 11.4 Å². The number of nitrogens with one attached hydrogen (secondary N) is 1. The zero-order chi connectivity index (χ0) is 15.1. The van der Waals surface area contributed by atoms with Crippen molar-refractivity contribution in [3.63, 3.8) is 0 Å². The molecule has 1 amide bonds. The first kappa shape index (κ1) is 16.5. The fourth-order valence-electron chi connectivity index (χ4n) is 1.69. The summed E-state index contributed by atoms with van der Waals surface area (Å²) in [4.78, 5) is 22.3. The van der Waals surface area contributed by atoms with Gasteiger partial charge in [0.25, 0.3) is 5.91 Å². The van der Waals surface area contributed by atoms with Gasteiger partial charge in [-0.25, -0.2) is 0 Å². The molecule has 20 heavy (non-hydrogen) atoms. The molecule has 0 heterocycles. The van der Waals surface area contributed by atoms with Gasteiger partial charge in [0.2, 0.25) is 0 Å². The SMILES string of the molecule is CC(=O)OCC(=O)Nc1ccccc1C(C)SC(C)O. The van der Waals surface area contributed by atoms with Gasteiger partial charge in [0, 0.05) is 17.9 Å². The zero-order valence-electron chi connectivity index (χ0n) is 11.8. The average Bonchev–Trinajstić information content (AvgIpc) is 2.36. The number of rotatable bonds is 6. The lowest BCUT2D eigenvalue weighted by Crippen LogP contribution is -2.20. The third kappa shape index (κ3) is 5.63. The average molecular weight is 297 g/mol. The number of para-hydroxylation sites is 1. The Labute approximate surface area is 122 Å². The van der Waals surface area contributed by atoms with Crippen molar-refractivity contribution in [2.24, 2.45) is 0 Å². The molecule has 2 atom stereocenters. The molecule has 1 aromatic rings. The van der Waals surface area contributed by atoms with Crippen LogP contribution < -0.4 is 5.32 Å². The molecule has 0 aliphatic rings. The van der Waals surface area contributed by atoms with Gasteiger partial charge >= 0.3 is 5.97 Å². The Hall–Kier alpha value is -1.53. The molecule has 0 spiro atoms. The lowest BCUT2D eigenvalue weighted by atomic mass is 10.1. The molecule has 0 saturated heterocycles. The molecule has 1 aromatic carbocycles. The van der Waals surface area contributed by atoms with Crippen molar-refractivity contribution in [1.29, 1.82) is 0 Å². The van der Waals surface area contributed by atoms with Crippen LogP contribution in [0.15, 0.2) is 24.3 Å². The quantitative estimate of drug-likeness (QED) is 0.622. The van der Waals surface area contributed by atoms with Crippen molar-refractivity contribution in [2.45, 2.75) is 31.5 Å². The van der Waals surface area contributed by atoms with Crippen LogP contribution in [-0.2, 0) is 14.3 Å². The number of anilines is 1. The highest BCUT2D eigenvalue weighted by molar-refractivity contribution is 7.99. The van der Waals surface area contributed by atoms with E-state index in [1.165, 1.54) is 18.7 Å². The summed E-state index contributed by atoms with van der Waals surface area (Å²) in [7, 11) is 0. The summed E-state index contributed by atoms with van der Waals surface area (Å²) in [5, 5.41) is 12.2. The lowest BCUT2D eigenvalue weighted by molar-refractivity contribution is -0.144. The summed E-state index contributed by atoms with van der Waals surface area (Å²) in [6.45, 7) is 4.60. The summed E-state index contributed by atoms with van der Waals surface area (Å²) in [6.07, 6.45) is 0. The van der Waals surface area contributed by atoms with Crippen LogP contribution in [0.2, 0.25) is 0 Å². The van der Waals surface area contributed by atoms with Crippen LogP contribution in [0.3, 0.4) is 0 Å². The normalized spacial score (nSPS) is 13.4. The molecule has 2 N–H and O–H groups in total.